The standard InChI is InChI=1S/C16H13FN4O4/c1-19(2)16(22)10-7-15(13-5-6-18-20(13)9-10)25-14-4-3-11(21(23)24)8-12(14)17/h3-9H,1-2H3. The van der Waals surface area contributed by atoms with E-state index in [2.05, 4.69) is 5.10 Å². The van der Waals surface area contributed by atoms with Gasteiger partial charge in [0.15, 0.2) is 17.3 Å². The highest BCUT2D eigenvalue weighted by Gasteiger charge is 2.17. The smallest absolute Gasteiger partial charge is 0.272 e. The topological polar surface area (TPSA) is 90.0 Å². The first kappa shape index (κ1) is 16.4. The Morgan fingerprint density at radius 1 is 1.28 bits per heavy atom. The molecule has 1 aromatic carbocycles. The minimum absolute atomic E-state index is 0.192. The molecule has 0 radical (unpaired) electrons. The lowest BCUT2D eigenvalue weighted by molar-refractivity contribution is -0.385. The molecule has 0 N–H and O–H groups in total. The Hall–Kier alpha value is -3.49. The van der Waals surface area contributed by atoms with Gasteiger partial charge in [-0.25, -0.2) is 8.91 Å². The summed E-state index contributed by atoms with van der Waals surface area (Å²) < 4.78 is 21.1. The lowest BCUT2D eigenvalue weighted by atomic mass is 10.2. The summed E-state index contributed by atoms with van der Waals surface area (Å²) >= 11 is 0. The first-order valence-corrected chi connectivity index (χ1v) is 7.17. The summed E-state index contributed by atoms with van der Waals surface area (Å²) in [7, 11) is 3.21. The number of aromatic nitrogens is 2. The lowest BCUT2D eigenvalue weighted by Crippen LogP contribution is -2.22. The molecule has 0 unspecified atom stereocenters. The van der Waals surface area contributed by atoms with E-state index in [9.17, 15) is 19.3 Å². The summed E-state index contributed by atoms with van der Waals surface area (Å²) in [4.78, 5) is 23.6. The number of ether oxygens (including phenoxy) is 1. The number of nitrogens with zero attached hydrogens (tertiary/aromatic N) is 4. The van der Waals surface area contributed by atoms with Gasteiger partial charge in [-0.05, 0) is 18.2 Å². The van der Waals surface area contributed by atoms with Crippen molar-refractivity contribution in [2.45, 2.75) is 0 Å². The van der Waals surface area contributed by atoms with Crippen molar-refractivity contribution in [3.63, 3.8) is 0 Å². The van der Waals surface area contributed by atoms with Crippen LogP contribution in [0.25, 0.3) is 5.52 Å². The quantitative estimate of drug-likeness (QED) is 0.536. The van der Waals surface area contributed by atoms with Crippen LogP contribution in [-0.4, -0.2) is 39.4 Å². The van der Waals surface area contributed by atoms with Gasteiger partial charge >= 0.3 is 0 Å². The summed E-state index contributed by atoms with van der Waals surface area (Å²) in [5.74, 6) is -1.14. The predicted octanol–water partition coefficient (Wildman–Crippen LogP) is 2.88. The molecule has 0 aliphatic heterocycles. The number of hydrogen-bond donors (Lipinski definition) is 0. The van der Waals surface area contributed by atoms with Crippen molar-refractivity contribution in [2.24, 2.45) is 0 Å². The average Bonchev–Trinajstić information content (AvgIpc) is 3.04. The van der Waals surface area contributed by atoms with Crippen LogP contribution in [0.5, 0.6) is 11.5 Å². The molecule has 0 spiro atoms. The molecule has 2 aromatic heterocycles. The fourth-order valence-electron chi connectivity index (χ4n) is 2.26. The maximum Gasteiger partial charge on any atom is 0.272 e. The Balaban J connectivity index is 2.05. The molecule has 9 heteroatoms. The largest absolute Gasteiger partial charge is 0.452 e. The van der Waals surface area contributed by atoms with Crippen LogP contribution in [0, 0.1) is 15.9 Å². The molecular weight excluding hydrogens is 331 g/mol. The fourth-order valence-corrected chi connectivity index (χ4v) is 2.26. The number of amides is 1. The number of carbonyl (C=O) groups is 1. The molecule has 0 saturated heterocycles. The number of nitro benzene ring substituents is 1. The third kappa shape index (κ3) is 3.11. The molecule has 3 rings (SSSR count). The van der Waals surface area contributed by atoms with E-state index in [0.717, 1.165) is 12.1 Å². The normalized spacial score (nSPS) is 10.7. The van der Waals surface area contributed by atoms with Crippen molar-refractivity contribution in [1.82, 2.24) is 14.5 Å². The summed E-state index contributed by atoms with van der Waals surface area (Å²) in [6.45, 7) is 0. The SMILES string of the molecule is CN(C)C(=O)c1cc(Oc2ccc([N+](=O)[O-])cc2F)c2ccnn2c1. The Kier molecular flexibility index (Phi) is 4.05. The Morgan fingerprint density at radius 3 is 2.68 bits per heavy atom. The summed E-state index contributed by atoms with van der Waals surface area (Å²) in [6, 6.07) is 6.20. The van der Waals surface area contributed by atoms with Crippen molar-refractivity contribution < 1.29 is 18.8 Å². The lowest BCUT2D eigenvalue weighted by Gasteiger charge is -2.13. The first-order chi connectivity index (χ1) is 11.9. The number of rotatable bonds is 4. The van der Waals surface area contributed by atoms with E-state index in [1.807, 2.05) is 0 Å². The third-order valence-electron chi connectivity index (χ3n) is 3.47. The van der Waals surface area contributed by atoms with Gasteiger partial charge in [-0.2, -0.15) is 5.10 Å². The molecule has 3 aromatic rings. The number of non-ortho nitro benzene ring substituents is 1. The molecular formula is C16H13FN4O4. The van der Waals surface area contributed by atoms with E-state index in [0.29, 0.717) is 11.1 Å². The van der Waals surface area contributed by atoms with E-state index in [4.69, 9.17) is 4.74 Å². The molecule has 0 aliphatic carbocycles. The van der Waals surface area contributed by atoms with Crippen LogP contribution in [-0.2, 0) is 0 Å². The van der Waals surface area contributed by atoms with Gasteiger partial charge in [0.25, 0.3) is 11.6 Å². The first-order valence-electron chi connectivity index (χ1n) is 7.17. The number of carbonyl (C=O) groups excluding carboxylic acids is 1. The van der Waals surface area contributed by atoms with E-state index in [1.54, 1.807) is 20.2 Å². The monoisotopic (exact) mass is 344 g/mol. The molecule has 0 saturated carbocycles. The number of fused-ring (bicyclic) bond motifs is 1. The molecule has 8 nitrogen and oxygen atoms in total. The van der Waals surface area contributed by atoms with E-state index in [-0.39, 0.29) is 23.1 Å². The molecule has 0 aliphatic rings. The van der Waals surface area contributed by atoms with E-state index in [1.165, 1.54) is 33.9 Å². The second kappa shape index (κ2) is 6.19. The van der Waals surface area contributed by atoms with Crippen LogP contribution in [0.15, 0.2) is 42.7 Å². The highest BCUT2D eigenvalue weighted by molar-refractivity contribution is 5.94. The number of pyridine rings is 1. The van der Waals surface area contributed by atoms with Crippen molar-refractivity contribution in [1.29, 1.82) is 0 Å². The summed E-state index contributed by atoms with van der Waals surface area (Å²) in [5, 5.41) is 14.8. The number of halogens is 1. The molecule has 1 amide bonds. The van der Waals surface area contributed by atoms with E-state index < -0.39 is 10.7 Å². The average molecular weight is 344 g/mol. The van der Waals surface area contributed by atoms with Crippen LogP contribution in [0.3, 0.4) is 0 Å². The molecule has 0 fully saturated rings. The third-order valence-corrected chi connectivity index (χ3v) is 3.47. The second-order valence-electron chi connectivity index (χ2n) is 5.43. The van der Waals surface area contributed by atoms with Crippen molar-refractivity contribution in [2.75, 3.05) is 14.1 Å². The Bertz CT molecular complexity index is 983. The Labute approximate surface area is 141 Å². The zero-order chi connectivity index (χ0) is 18.1. The van der Waals surface area contributed by atoms with Crippen molar-refractivity contribution >= 4 is 17.1 Å². The second-order valence-corrected chi connectivity index (χ2v) is 5.43. The van der Waals surface area contributed by atoms with Gasteiger partial charge in [0, 0.05) is 26.4 Å². The van der Waals surface area contributed by atoms with Crippen LogP contribution in [0.2, 0.25) is 0 Å². The highest BCUT2D eigenvalue weighted by Crippen LogP contribution is 2.31. The van der Waals surface area contributed by atoms with Crippen LogP contribution in [0.1, 0.15) is 10.4 Å². The van der Waals surface area contributed by atoms with Gasteiger partial charge in [-0.1, -0.05) is 0 Å². The molecule has 0 bridgehead atoms. The van der Waals surface area contributed by atoms with E-state index >= 15 is 0 Å². The van der Waals surface area contributed by atoms with Crippen LogP contribution < -0.4 is 4.74 Å². The minimum atomic E-state index is -0.879. The molecule has 2 heterocycles. The van der Waals surface area contributed by atoms with Gasteiger partial charge < -0.3 is 9.64 Å². The number of hydrogen-bond acceptors (Lipinski definition) is 5. The zero-order valence-electron chi connectivity index (χ0n) is 13.3. The molecule has 128 valence electrons. The van der Waals surface area contributed by atoms with Crippen LogP contribution in [0.4, 0.5) is 10.1 Å². The maximum atomic E-state index is 14.1. The number of benzene rings is 1. The van der Waals surface area contributed by atoms with Gasteiger partial charge in [0.1, 0.15) is 5.52 Å². The summed E-state index contributed by atoms with van der Waals surface area (Å²) in [5.41, 5.74) is 0.447. The fraction of sp³-hybridized carbons (Fsp3) is 0.125. The van der Waals surface area contributed by atoms with Gasteiger partial charge in [-0.3, -0.25) is 14.9 Å². The van der Waals surface area contributed by atoms with Crippen molar-refractivity contribution in [3.8, 4) is 11.5 Å². The maximum absolute atomic E-state index is 14.1. The van der Waals surface area contributed by atoms with Gasteiger partial charge in [0.05, 0.1) is 22.7 Å². The van der Waals surface area contributed by atoms with Crippen LogP contribution >= 0.6 is 0 Å². The van der Waals surface area contributed by atoms with Crippen molar-refractivity contribution in [3.05, 3.63) is 64.2 Å². The molecule has 0 atom stereocenters. The number of nitro groups is 1. The van der Waals surface area contributed by atoms with Gasteiger partial charge in [0.2, 0.25) is 0 Å². The zero-order valence-corrected chi connectivity index (χ0v) is 13.3. The minimum Gasteiger partial charge on any atom is -0.452 e. The predicted molar refractivity (Wildman–Crippen MR) is 86.3 cm³/mol. The summed E-state index contributed by atoms with van der Waals surface area (Å²) in [6.07, 6.45) is 3.05. The molecule has 25 heavy (non-hydrogen) atoms. The van der Waals surface area contributed by atoms with Gasteiger partial charge in [-0.15, -0.1) is 0 Å². The Morgan fingerprint density at radius 2 is 2.04 bits per heavy atom. The highest BCUT2D eigenvalue weighted by atomic mass is 19.1.